The maximum atomic E-state index is 13.4. The number of hydrogen-bond donors (Lipinski definition) is 6. The molecule has 1 unspecified atom stereocenters. The van der Waals surface area contributed by atoms with Crippen LogP contribution >= 0.6 is 0 Å². The van der Waals surface area contributed by atoms with E-state index in [4.69, 9.17) is 0 Å². The van der Waals surface area contributed by atoms with Gasteiger partial charge in [0.25, 0.3) is 31.9 Å². The lowest BCUT2D eigenvalue weighted by molar-refractivity contribution is 0.0940. The molecule has 2 aromatic heterocycles. The Hall–Kier alpha value is -7.20. The summed E-state index contributed by atoms with van der Waals surface area (Å²) in [5.74, 6) is -0.361. The molecule has 3 heterocycles. The fourth-order valence-electron chi connectivity index (χ4n) is 9.47. The smallest absolute Gasteiger partial charge is 0.268 e. The number of nitrogens with one attached hydrogen (secondary N) is 6. The normalized spacial score (nSPS) is 14.3. The van der Waals surface area contributed by atoms with Crippen LogP contribution in [-0.2, 0) is 30.9 Å². The number of sulfonamides is 2. The molecule has 0 spiro atoms. The SMILES string of the molecule is CCCNC(=O)c1[nH]c2ccc(NS(=O)(=O)c3ccc(C(C)(C)C)cc3)cc2c1-c1ccccc1.CN1CCCC1CCNC(=O)c1[nH]c2ccc(NS(=O)(=O)c3ccc(C(C)(C)C)cc3)cc2c1-c1ccccc1. The molecular formula is C60H69N7O6S2. The van der Waals surface area contributed by atoms with Crippen LogP contribution in [-0.4, -0.2) is 76.2 Å². The van der Waals surface area contributed by atoms with Gasteiger partial charge in [-0.25, -0.2) is 16.8 Å². The summed E-state index contributed by atoms with van der Waals surface area (Å²) >= 11 is 0. The van der Waals surface area contributed by atoms with Crippen molar-refractivity contribution in [1.82, 2.24) is 25.5 Å². The highest BCUT2D eigenvalue weighted by molar-refractivity contribution is 7.93. The van der Waals surface area contributed by atoms with Crippen LogP contribution in [0.5, 0.6) is 0 Å². The number of hydrogen-bond acceptors (Lipinski definition) is 7. The topological polar surface area (TPSA) is 185 Å². The van der Waals surface area contributed by atoms with E-state index in [-0.39, 0.29) is 32.4 Å². The first-order chi connectivity index (χ1) is 35.6. The van der Waals surface area contributed by atoms with Gasteiger partial charge in [0.2, 0.25) is 0 Å². The number of rotatable bonds is 15. The number of carbonyl (C=O) groups is 2. The molecule has 1 aliphatic heterocycles. The van der Waals surface area contributed by atoms with E-state index in [1.807, 2.05) is 97.9 Å². The van der Waals surface area contributed by atoms with E-state index in [9.17, 15) is 26.4 Å². The Morgan fingerprint density at radius 3 is 1.36 bits per heavy atom. The van der Waals surface area contributed by atoms with Crippen molar-refractivity contribution in [1.29, 1.82) is 0 Å². The summed E-state index contributed by atoms with van der Waals surface area (Å²) in [6.07, 6.45) is 4.10. The van der Waals surface area contributed by atoms with E-state index in [1.54, 1.807) is 54.6 Å². The van der Waals surface area contributed by atoms with Crippen LogP contribution in [0.4, 0.5) is 11.4 Å². The van der Waals surface area contributed by atoms with Crippen molar-refractivity contribution in [3.8, 4) is 22.3 Å². The average molecular weight is 1050 g/mol. The maximum absolute atomic E-state index is 13.4. The van der Waals surface area contributed by atoms with E-state index >= 15 is 0 Å². The van der Waals surface area contributed by atoms with E-state index < -0.39 is 20.0 Å². The number of amides is 2. The predicted octanol–water partition coefficient (Wildman–Crippen LogP) is 12.2. The first kappa shape index (κ1) is 54.1. The lowest BCUT2D eigenvalue weighted by Gasteiger charge is -2.19. The number of nitrogens with zero attached hydrogens (tertiary/aromatic N) is 1. The number of aromatic amines is 2. The lowest BCUT2D eigenvalue weighted by atomic mass is 9.87. The molecule has 2 amide bonds. The van der Waals surface area contributed by atoms with Gasteiger partial charge in [-0.15, -0.1) is 0 Å². The van der Waals surface area contributed by atoms with Crippen LogP contribution in [0.15, 0.2) is 155 Å². The molecule has 15 heteroatoms. The molecule has 1 saturated heterocycles. The summed E-state index contributed by atoms with van der Waals surface area (Å²) in [6.45, 7) is 16.8. The third-order valence-electron chi connectivity index (χ3n) is 13.7. The zero-order valence-corrected chi connectivity index (χ0v) is 45.7. The number of aromatic nitrogens is 2. The molecule has 0 aliphatic carbocycles. The third-order valence-corrected chi connectivity index (χ3v) is 16.5. The molecule has 0 bridgehead atoms. The van der Waals surface area contributed by atoms with Crippen molar-refractivity contribution in [2.45, 2.75) is 101 Å². The highest BCUT2D eigenvalue weighted by Gasteiger charge is 2.25. The lowest BCUT2D eigenvalue weighted by Crippen LogP contribution is -2.32. The van der Waals surface area contributed by atoms with Gasteiger partial charge in [-0.05, 0) is 133 Å². The molecule has 75 heavy (non-hydrogen) atoms. The van der Waals surface area contributed by atoms with Crippen molar-refractivity contribution in [3.05, 3.63) is 168 Å². The molecule has 13 nitrogen and oxygen atoms in total. The highest BCUT2D eigenvalue weighted by Crippen LogP contribution is 2.37. The zero-order valence-electron chi connectivity index (χ0n) is 44.1. The van der Waals surface area contributed by atoms with Crippen molar-refractivity contribution >= 4 is 65.0 Å². The summed E-state index contributed by atoms with van der Waals surface area (Å²) < 4.78 is 58.1. The molecule has 392 valence electrons. The highest BCUT2D eigenvalue weighted by atomic mass is 32.2. The molecule has 6 N–H and O–H groups in total. The van der Waals surface area contributed by atoms with Crippen LogP contribution in [0.2, 0.25) is 0 Å². The second kappa shape index (κ2) is 22.3. The zero-order chi connectivity index (χ0) is 53.7. The predicted molar refractivity (Wildman–Crippen MR) is 305 cm³/mol. The molecular weight excluding hydrogens is 979 g/mol. The largest absolute Gasteiger partial charge is 0.351 e. The molecule has 1 fully saturated rings. The Labute approximate surface area is 442 Å². The maximum Gasteiger partial charge on any atom is 0.268 e. The Morgan fingerprint density at radius 2 is 0.987 bits per heavy atom. The van der Waals surface area contributed by atoms with Gasteiger partial charge in [0.15, 0.2) is 0 Å². The summed E-state index contributed by atoms with van der Waals surface area (Å²) in [6, 6.07) is 44.3. The molecule has 8 aromatic rings. The first-order valence-corrected chi connectivity index (χ1v) is 28.6. The minimum Gasteiger partial charge on any atom is -0.351 e. The minimum atomic E-state index is -3.80. The monoisotopic (exact) mass is 1050 g/mol. The molecule has 9 rings (SSSR count). The van der Waals surface area contributed by atoms with E-state index in [2.05, 4.69) is 83.5 Å². The van der Waals surface area contributed by atoms with Gasteiger partial charge in [0.1, 0.15) is 11.4 Å². The number of likely N-dealkylation sites (tertiary alicyclic amines) is 1. The van der Waals surface area contributed by atoms with Crippen LogP contribution in [0.1, 0.15) is 106 Å². The third kappa shape index (κ3) is 12.7. The molecule has 6 aromatic carbocycles. The van der Waals surface area contributed by atoms with Crippen molar-refractivity contribution in [2.24, 2.45) is 0 Å². The van der Waals surface area contributed by atoms with Gasteiger partial charge in [0, 0.05) is 63.4 Å². The summed E-state index contributed by atoms with van der Waals surface area (Å²) in [4.78, 5) is 35.6. The number of anilines is 2. The second-order valence-corrected chi connectivity index (χ2v) is 24.7. The Bertz CT molecular complexity index is 3520. The summed E-state index contributed by atoms with van der Waals surface area (Å²) in [5, 5.41) is 7.56. The van der Waals surface area contributed by atoms with Gasteiger partial charge in [0.05, 0.1) is 9.79 Å². The van der Waals surface area contributed by atoms with Crippen LogP contribution in [0, 0.1) is 0 Å². The van der Waals surface area contributed by atoms with Crippen LogP contribution < -0.4 is 20.1 Å². The van der Waals surface area contributed by atoms with E-state index in [0.717, 1.165) is 81.0 Å². The molecule has 0 saturated carbocycles. The number of H-pyrrole nitrogens is 2. The number of benzene rings is 6. The molecule has 1 aliphatic rings. The fourth-order valence-corrected chi connectivity index (χ4v) is 11.6. The van der Waals surface area contributed by atoms with Crippen LogP contribution in [0.3, 0.4) is 0 Å². The van der Waals surface area contributed by atoms with Gasteiger partial charge >= 0.3 is 0 Å². The summed E-state index contributed by atoms with van der Waals surface area (Å²) in [7, 11) is -5.45. The quantitative estimate of drug-likeness (QED) is 0.0590. The Morgan fingerprint density at radius 1 is 0.573 bits per heavy atom. The van der Waals surface area contributed by atoms with Crippen LogP contribution in [0.25, 0.3) is 44.1 Å². The van der Waals surface area contributed by atoms with E-state index in [1.165, 1.54) is 6.42 Å². The summed E-state index contributed by atoms with van der Waals surface area (Å²) in [5.41, 5.74) is 8.53. The van der Waals surface area contributed by atoms with Crippen molar-refractivity contribution in [2.75, 3.05) is 36.1 Å². The second-order valence-electron chi connectivity index (χ2n) is 21.3. The Balaban J connectivity index is 0.000000201. The average Bonchev–Trinajstić information content (AvgIpc) is 4.11. The molecule has 0 radical (unpaired) electrons. The standard InChI is InChI=1S/C32H38N4O3S.C28H31N3O3S/c1-32(2,3)23-12-15-26(16-13-23)40(38,39)35-24-14-17-28-27(21-24)29(22-9-6-5-7-10-22)30(34-28)31(37)33-19-18-25-11-8-20-36(25)4;1-5-17-29-27(32)26-25(19-9-7-6-8-10-19)23-18-21(13-16-24(23)30-26)31-35(33,34)22-14-11-20(12-15-22)28(2,3)4/h5-7,9-10,12-17,21,25,34-35H,8,11,18-20H2,1-4H3,(H,33,37);6-16,18,30-31H,5,17H2,1-4H3,(H,29,32). The Kier molecular flexibility index (Phi) is 16.1. The fraction of sp³-hybridized carbons (Fsp3) is 0.300. The van der Waals surface area contributed by atoms with Gasteiger partial charge in [-0.3, -0.25) is 19.0 Å². The van der Waals surface area contributed by atoms with Gasteiger partial charge < -0.3 is 25.5 Å². The van der Waals surface area contributed by atoms with Gasteiger partial charge in [-0.1, -0.05) is 133 Å². The van der Waals surface area contributed by atoms with Crippen molar-refractivity contribution in [3.63, 3.8) is 0 Å². The first-order valence-electron chi connectivity index (χ1n) is 25.6. The number of fused-ring (bicyclic) bond motifs is 2. The molecule has 1 atom stereocenters. The van der Waals surface area contributed by atoms with Gasteiger partial charge in [-0.2, -0.15) is 0 Å². The van der Waals surface area contributed by atoms with Crippen molar-refractivity contribution < 1.29 is 26.4 Å². The van der Waals surface area contributed by atoms with E-state index in [0.29, 0.717) is 41.9 Å². The minimum absolute atomic E-state index is 0.0655. The number of carbonyl (C=O) groups excluding carboxylic acids is 2.